The van der Waals surface area contributed by atoms with E-state index >= 15 is 0 Å². The first kappa shape index (κ1) is 19.2. The fourth-order valence-corrected chi connectivity index (χ4v) is 2.52. The summed E-state index contributed by atoms with van der Waals surface area (Å²) in [6.07, 6.45) is 2.25. The quantitative estimate of drug-likeness (QED) is 0.218. The van der Waals surface area contributed by atoms with E-state index in [1.54, 1.807) is 13.8 Å². The summed E-state index contributed by atoms with van der Waals surface area (Å²) in [7, 11) is 0. The average Bonchev–Trinajstić information content (AvgIpc) is 2.42. The maximum Gasteiger partial charge on any atom is 0.240 e. The zero-order valence-electron chi connectivity index (χ0n) is 13.3. The predicted octanol–water partition coefficient (Wildman–Crippen LogP) is 0.946. The number of nitrogens with two attached hydrogens (primary N) is 2. The molecule has 0 fully saturated rings. The van der Waals surface area contributed by atoms with Crippen molar-refractivity contribution in [3.05, 3.63) is 0 Å². The first-order valence-corrected chi connectivity index (χ1v) is 7.35. The third-order valence-electron chi connectivity index (χ3n) is 3.65. The molecule has 0 radical (unpaired) electrons. The zero-order chi connectivity index (χ0) is 16.6. The van der Waals surface area contributed by atoms with Gasteiger partial charge in [0.05, 0.1) is 0 Å². The number of amides is 2. The first-order chi connectivity index (χ1) is 9.76. The van der Waals surface area contributed by atoms with Crippen LogP contribution in [0.15, 0.2) is 5.16 Å². The molecule has 0 heterocycles. The summed E-state index contributed by atoms with van der Waals surface area (Å²) in [5.74, 6) is -1.28. The highest BCUT2D eigenvalue weighted by atomic mass is 16.4. The lowest BCUT2D eigenvalue weighted by atomic mass is 9.76. The zero-order valence-corrected chi connectivity index (χ0v) is 13.3. The van der Waals surface area contributed by atoms with Crippen LogP contribution < -0.4 is 16.8 Å². The third-order valence-corrected chi connectivity index (χ3v) is 3.65. The number of carbonyl (C=O) groups is 2. The molecule has 7 nitrogen and oxygen atoms in total. The molecule has 0 bridgehead atoms. The van der Waals surface area contributed by atoms with Crippen LogP contribution in [-0.4, -0.2) is 28.9 Å². The number of hydrogen-bond donors (Lipinski definition) is 4. The van der Waals surface area contributed by atoms with Gasteiger partial charge in [0.2, 0.25) is 11.8 Å². The molecule has 122 valence electrons. The van der Waals surface area contributed by atoms with Crippen LogP contribution in [0.25, 0.3) is 0 Å². The number of rotatable bonds is 9. The molecular weight excluding hydrogens is 272 g/mol. The van der Waals surface area contributed by atoms with E-state index in [-0.39, 0.29) is 11.8 Å². The predicted molar refractivity (Wildman–Crippen MR) is 81.6 cm³/mol. The minimum Gasteiger partial charge on any atom is -0.409 e. The maximum atomic E-state index is 12.7. The minimum absolute atomic E-state index is 0.129. The fraction of sp³-hybridized carbons (Fsp3) is 0.786. The monoisotopic (exact) mass is 300 g/mol. The number of amidine groups is 1. The molecule has 0 aromatic heterocycles. The Bertz CT molecular complexity index is 388. The van der Waals surface area contributed by atoms with Crippen molar-refractivity contribution in [2.75, 3.05) is 0 Å². The Hall–Kier alpha value is -1.79. The molecule has 0 aliphatic heterocycles. The van der Waals surface area contributed by atoms with E-state index in [4.69, 9.17) is 16.7 Å². The Morgan fingerprint density at radius 3 is 1.95 bits per heavy atom. The Kier molecular flexibility index (Phi) is 7.76. The van der Waals surface area contributed by atoms with Gasteiger partial charge in [-0.05, 0) is 18.8 Å². The summed E-state index contributed by atoms with van der Waals surface area (Å²) < 4.78 is 0. The summed E-state index contributed by atoms with van der Waals surface area (Å²) in [4.78, 5) is 24.1. The molecule has 0 spiro atoms. The van der Waals surface area contributed by atoms with E-state index in [2.05, 4.69) is 10.5 Å². The minimum atomic E-state index is -1.11. The molecule has 2 amide bonds. The summed E-state index contributed by atoms with van der Waals surface area (Å²) in [6.45, 7) is 7.41. The van der Waals surface area contributed by atoms with Crippen LogP contribution in [0.2, 0.25) is 0 Å². The van der Waals surface area contributed by atoms with Gasteiger partial charge < -0.3 is 22.0 Å². The molecule has 7 heteroatoms. The fourth-order valence-electron chi connectivity index (χ4n) is 2.52. The molecule has 0 rings (SSSR count). The lowest BCUT2D eigenvalue weighted by molar-refractivity contribution is -0.133. The standard InChI is InChI=1S/C14H28N4O3/c1-5-7-14(8-6-2,12(16)18-21)13(20)17-10(9(3)4)11(15)19/h9-10,21H,5-8H2,1-4H3,(H2,15,19)(H2,16,18)(H,17,20). The molecule has 0 aliphatic carbocycles. The summed E-state index contributed by atoms with van der Waals surface area (Å²) in [5, 5.41) is 14.7. The summed E-state index contributed by atoms with van der Waals surface area (Å²) in [6, 6.07) is -0.780. The Morgan fingerprint density at radius 2 is 1.67 bits per heavy atom. The molecular formula is C14H28N4O3. The normalized spacial score (nSPS) is 14.0. The van der Waals surface area contributed by atoms with Crippen LogP contribution in [0.4, 0.5) is 0 Å². The van der Waals surface area contributed by atoms with Crippen molar-refractivity contribution in [3.63, 3.8) is 0 Å². The highest BCUT2D eigenvalue weighted by molar-refractivity contribution is 6.07. The van der Waals surface area contributed by atoms with Crippen molar-refractivity contribution in [2.45, 2.75) is 59.4 Å². The second-order valence-electron chi connectivity index (χ2n) is 5.66. The molecule has 6 N–H and O–H groups in total. The van der Waals surface area contributed by atoms with Gasteiger partial charge in [-0.25, -0.2) is 0 Å². The number of carbonyl (C=O) groups excluding carboxylic acids is 2. The number of oxime groups is 1. The largest absolute Gasteiger partial charge is 0.409 e. The van der Waals surface area contributed by atoms with E-state index in [9.17, 15) is 9.59 Å². The second-order valence-corrected chi connectivity index (χ2v) is 5.66. The molecule has 0 aliphatic rings. The Labute approximate surface area is 126 Å². The lowest BCUT2D eigenvalue weighted by Gasteiger charge is -2.32. The van der Waals surface area contributed by atoms with Crippen molar-refractivity contribution in [1.82, 2.24) is 5.32 Å². The van der Waals surface area contributed by atoms with Crippen LogP contribution in [-0.2, 0) is 9.59 Å². The van der Waals surface area contributed by atoms with Gasteiger partial charge in [-0.1, -0.05) is 45.7 Å². The topological polar surface area (TPSA) is 131 Å². The number of nitrogens with one attached hydrogen (secondary N) is 1. The van der Waals surface area contributed by atoms with Crippen molar-refractivity contribution < 1.29 is 14.8 Å². The lowest BCUT2D eigenvalue weighted by Crippen LogP contribution is -2.56. The number of primary amides is 1. The highest BCUT2D eigenvalue weighted by Gasteiger charge is 2.43. The molecule has 0 saturated heterocycles. The second kappa shape index (κ2) is 8.49. The first-order valence-electron chi connectivity index (χ1n) is 7.35. The molecule has 1 atom stereocenters. The van der Waals surface area contributed by atoms with Crippen LogP contribution in [0.1, 0.15) is 53.4 Å². The number of hydrogen-bond acceptors (Lipinski definition) is 4. The van der Waals surface area contributed by atoms with Gasteiger partial charge in [0.15, 0.2) is 5.84 Å². The van der Waals surface area contributed by atoms with Gasteiger partial charge in [0.25, 0.3) is 0 Å². The molecule has 0 aromatic carbocycles. The molecule has 1 unspecified atom stereocenters. The maximum absolute atomic E-state index is 12.7. The smallest absolute Gasteiger partial charge is 0.240 e. The average molecular weight is 300 g/mol. The van der Waals surface area contributed by atoms with Crippen LogP contribution in [0.3, 0.4) is 0 Å². The Morgan fingerprint density at radius 1 is 1.19 bits per heavy atom. The summed E-state index contributed by atoms with van der Waals surface area (Å²) in [5.41, 5.74) is 9.99. The van der Waals surface area contributed by atoms with Crippen molar-refractivity contribution >= 4 is 17.6 Å². The van der Waals surface area contributed by atoms with Gasteiger partial charge in [-0.3, -0.25) is 9.59 Å². The number of nitrogens with zero attached hydrogens (tertiary/aromatic N) is 1. The van der Waals surface area contributed by atoms with Gasteiger partial charge in [0, 0.05) is 0 Å². The van der Waals surface area contributed by atoms with E-state index in [0.717, 1.165) is 0 Å². The van der Waals surface area contributed by atoms with E-state index in [1.807, 2.05) is 13.8 Å². The van der Waals surface area contributed by atoms with Gasteiger partial charge >= 0.3 is 0 Å². The van der Waals surface area contributed by atoms with Crippen molar-refractivity contribution in [3.8, 4) is 0 Å². The van der Waals surface area contributed by atoms with Gasteiger partial charge in [-0.2, -0.15) is 0 Å². The van der Waals surface area contributed by atoms with Gasteiger partial charge in [0.1, 0.15) is 11.5 Å². The highest BCUT2D eigenvalue weighted by Crippen LogP contribution is 2.31. The summed E-state index contributed by atoms with van der Waals surface area (Å²) >= 11 is 0. The van der Waals surface area contributed by atoms with E-state index in [0.29, 0.717) is 25.7 Å². The molecule has 21 heavy (non-hydrogen) atoms. The SMILES string of the molecule is CCCC(CCC)(C(=O)NC(C(N)=O)C(C)C)C(N)=NO. The van der Waals surface area contributed by atoms with Crippen molar-refractivity contribution in [2.24, 2.45) is 28.0 Å². The van der Waals surface area contributed by atoms with E-state index in [1.165, 1.54) is 0 Å². The third kappa shape index (κ3) is 4.61. The van der Waals surface area contributed by atoms with E-state index < -0.39 is 23.3 Å². The van der Waals surface area contributed by atoms with Crippen LogP contribution in [0, 0.1) is 11.3 Å². The Balaban J connectivity index is 5.51. The van der Waals surface area contributed by atoms with Gasteiger partial charge in [-0.15, -0.1) is 0 Å². The van der Waals surface area contributed by atoms with Crippen LogP contribution >= 0.6 is 0 Å². The molecule has 0 aromatic rings. The van der Waals surface area contributed by atoms with Crippen LogP contribution in [0.5, 0.6) is 0 Å². The molecule has 0 saturated carbocycles. The van der Waals surface area contributed by atoms with Crippen molar-refractivity contribution in [1.29, 1.82) is 0 Å².